The summed E-state index contributed by atoms with van der Waals surface area (Å²) in [5.41, 5.74) is 3.46. The standard InChI is InChI=1S/C11H9N5/c1-7-10-8(16-15-7)2-3-14-11(10)9-6-12-4-5-13-9/h2-6H,1H3,(H,15,16). The maximum absolute atomic E-state index is 4.35. The molecule has 0 bridgehead atoms. The first kappa shape index (κ1) is 8.96. The monoisotopic (exact) mass is 211 g/mol. The SMILES string of the molecule is Cc1[nH]nc2ccnc(-c3cnccn3)c12. The molecule has 0 radical (unpaired) electrons. The van der Waals surface area contributed by atoms with E-state index in [2.05, 4.69) is 25.1 Å². The van der Waals surface area contributed by atoms with Crippen LogP contribution < -0.4 is 0 Å². The van der Waals surface area contributed by atoms with Crippen molar-refractivity contribution in [3.63, 3.8) is 0 Å². The van der Waals surface area contributed by atoms with Gasteiger partial charge in [-0.25, -0.2) is 0 Å². The molecule has 0 amide bonds. The summed E-state index contributed by atoms with van der Waals surface area (Å²) < 4.78 is 0. The van der Waals surface area contributed by atoms with Gasteiger partial charge in [0.05, 0.1) is 17.1 Å². The van der Waals surface area contributed by atoms with Crippen molar-refractivity contribution in [1.29, 1.82) is 0 Å². The molecule has 3 aromatic rings. The van der Waals surface area contributed by atoms with Crippen molar-refractivity contribution in [3.05, 3.63) is 36.5 Å². The van der Waals surface area contributed by atoms with Crippen LogP contribution in [0, 0.1) is 6.92 Å². The van der Waals surface area contributed by atoms with Gasteiger partial charge in [-0.2, -0.15) is 5.10 Å². The fourth-order valence-electron chi connectivity index (χ4n) is 1.73. The van der Waals surface area contributed by atoms with Crippen LogP contribution in [-0.4, -0.2) is 25.1 Å². The Hall–Kier alpha value is -2.30. The number of hydrogen-bond acceptors (Lipinski definition) is 4. The molecule has 0 aliphatic rings. The van der Waals surface area contributed by atoms with Crippen LogP contribution >= 0.6 is 0 Å². The van der Waals surface area contributed by atoms with Gasteiger partial charge in [-0.1, -0.05) is 0 Å². The van der Waals surface area contributed by atoms with E-state index in [1.54, 1.807) is 24.8 Å². The Kier molecular flexibility index (Phi) is 1.89. The van der Waals surface area contributed by atoms with E-state index in [0.717, 1.165) is 28.0 Å². The number of aromatic nitrogens is 5. The molecule has 78 valence electrons. The van der Waals surface area contributed by atoms with Gasteiger partial charge >= 0.3 is 0 Å². The molecule has 3 heterocycles. The van der Waals surface area contributed by atoms with Crippen molar-refractivity contribution in [2.24, 2.45) is 0 Å². The Balaban J connectivity index is 2.36. The summed E-state index contributed by atoms with van der Waals surface area (Å²) >= 11 is 0. The third-order valence-electron chi connectivity index (χ3n) is 2.45. The van der Waals surface area contributed by atoms with Crippen LogP contribution in [0.3, 0.4) is 0 Å². The number of hydrogen-bond donors (Lipinski definition) is 1. The van der Waals surface area contributed by atoms with E-state index in [4.69, 9.17) is 0 Å². The minimum Gasteiger partial charge on any atom is -0.282 e. The smallest absolute Gasteiger partial charge is 0.108 e. The maximum Gasteiger partial charge on any atom is 0.108 e. The second-order valence-corrected chi connectivity index (χ2v) is 3.49. The summed E-state index contributed by atoms with van der Waals surface area (Å²) in [7, 11) is 0. The summed E-state index contributed by atoms with van der Waals surface area (Å²) in [6.07, 6.45) is 6.73. The number of pyridine rings is 1. The van der Waals surface area contributed by atoms with Crippen LogP contribution in [0.5, 0.6) is 0 Å². The number of rotatable bonds is 1. The zero-order chi connectivity index (χ0) is 11.0. The first-order chi connectivity index (χ1) is 7.86. The van der Waals surface area contributed by atoms with E-state index in [9.17, 15) is 0 Å². The number of H-pyrrole nitrogens is 1. The topological polar surface area (TPSA) is 67.3 Å². The zero-order valence-electron chi connectivity index (χ0n) is 8.68. The Morgan fingerprint density at radius 2 is 2.06 bits per heavy atom. The lowest BCUT2D eigenvalue weighted by Crippen LogP contribution is -1.89. The molecule has 5 heteroatoms. The predicted octanol–water partition coefficient (Wildman–Crippen LogP) is 1.72. The van der Waals surface area contributed by atoms with Crippen molar-refractivity contribution in [2.45, 2.75) is 6.92 Å². The van der Waals surface area contributed by atoms with Gasteiger partial charge in [0.15, 0.2) is 0 Å². The third kappa shape index (κ3) is 1.25. The molecular weight excluding hydrogens is 202 g/mol. The highest BCUT2D eigenvalue weighted by Gasteiger charge is 2.10. The summed E-state index contributed by atoms with van der Waals surface area (Å²) in [5, 5.41) is 8.14. The highest BCUT2D eigenvalue weighted by Crippen LogP contribution is 2.25. The van der Waals surface area contributed by atoms with Gasteiger partial charge in [-0.05, 0) is 13.0 Å². The fourth-order valence-corrected chi connectivity index (χ4v) is 1.73. The first-order valence-electron chi connectivity index (χ1n) is 4.92. The summed E-state index contributed by atoms with van der Waals surface area (Å²) in [6.45, 7) is 1.97. The molecule has 0 aliphatic carbocycles. The van der Waals surface area contributed by atoms with Crippen molar-refractivity contribution >= 4 is 10.9 Å². The molecule has 0 aliphatic heterocycles. The van der Waals surface area contributed by atoms with Crippen molar-refractivity contribution < 1.29 is 0 Å². The van der Waals surface area contributed by atoms with Crippen LogP contribution in [0.1, 0.15) is 5.69 Å². The molecule has 0 aromatic carbocycles. The summed E-state index contributed by atoms with van der Waals surface area (Å²) in [6, 6.07) is 1.87. The highest BCUT2D eigenvalue weighted by molar-refractivity contribution is 5.93. The number of aryl methyl sites for hydroxylation is 1. The first-order valence-corrected chi connectivity index (χ1v) is 4.92. The van der Waals surface area contributed by atoms with E-state index in [1.165, 1.54) is 0 Å². The van der Waals surface area contributed by atoms with E-state index in [-0.39, 0.29) is 0 Å². The molecule has 0 saturated carbocycles. The lowest BCUT2D eigenvalue weighted by molar-refractivity contribution is 1.07. The lowest BCUT2D eigenvalue weighted by Gasteiger charge is -2.00. The van der Waals surface area contributed by atoms with Crippen LogP contribution in [0.25, 0.3) is 22.3 Å². The van der Waals surface area contributed by atoms with Gasteiger partial charge in [0, 0.05) is 24.3 Å². The van der Waals surface area contributed by atoms with Crippen LogP contribution in [-0.2, 0) is 0 Å². The second kappa shape index (κ2) is 3.37. The molecule has 0 spiro atoms. The van der Waals surface area contributed by atoms with E-state index in [0.29, 0.717) is 0 Å². The quantitative estimate of drug-likeness (QED) is 0.665. The van der Waals surface area contributed by atoms with Crippen molar-refractivity contribution in [2.75, 3.05) is 0 Å². The van der Waals surface area contributed by atoms with E-state index < -0.39 is 0 Å². The van der Waals surface area contributed by atoms with Gasteiger partial charge in [0.25, 0.3) is 0 Å². The summed E-state index contributed by atoms with van der Waals surface area (Å²) in [4.78, 5) is 12.6. The Morgan fingerprint density at radius 1 is 1.12 bits per heavy atom. The van der Waals surface area contributed by atoms with Gasteiger partial charge in [-0.15, -0.1) is 0 Å². The molecule has 5 nitrogen and oxygen atoms in total. The molecule has 0 fully saturated rings. The van der Waals surface area contributed by atoms with Gasteiger partial charge in [-0.3, -0.25) is 20.1 Å². The molecule has 0 saturated heterocycles. The number of aromatic amines is 1. The lowest BCUT2D eigenvalue weighted by atomic mass is 10.1. The van der Waals surface area contributed by atoms with Gasteiger partial charge < -0.3 is 0 Å². The highest BCUT2D eigenvalue weighted by atomic mass is 15.1. The van der Waals surface area contributed by atoms with E-state index in [1.807, 2.05) is 13.0 Å². The average Bonchev–Trinajstić information content (AvgIpc) is 2.73. The molecule has 0 unspecified atom stereocenters. The minimum absolute atomic E-state index is 0.762. The molecule has 1 N–H and O–H groups in total. The largest absolute Gasteiger partial charge is 0.282 e. The summed E-state index contributed by atoms with van der Waals surface area (Å²) in [5.74, 6) is 0. The third-order valence-corrected chi connectivity index (χ3v) is 2.45. The molecular formula is C11H9N5. The molecule has 3 rings (SSSR count). The second-order valence-electron chi connectivity index (χ2n) is 3.49. The Morgan fingerprint density at radius 3 is 2.88 bits per heavy atom. The number of nitrogens with zero attached hydrogens (tertiary/aromatic N) is 4. The minimum atomic E-state index is 0.762. The van der Waals surface area contributed by atoms with Gasteiger partial charge in [0.1, 0.15) is 11.4 Å². The predicted molar refractivity (Wildman–Crippen MR) is 59.7 cm³/mol. The number of fused-ring (bicyclic) bond motifs is 1. The number of nitrogens with one attached hydrogen (secondary N) is 1. The van der Waals surface area contributed by atoms with Crippen molar-refractivity contribution in [1.82, 2.24) is 25.1 Å². The maximum atomic E-state index is 4.35. The van der Waals surface area contributed by atoms with Gasteiger partial charge in [0.2, 0.25) is 0 Å². The molecule has 16 heavy (non-hydrogen) atoms. The molecule has 3 aromatic heterocycles. The van der Waals surface area contributed by atoms with Crippen LogP contribution in [0.15, 0.2) is 30.9 Å². The fraction of sp³-hybridized carbons (Fsp3) is 0.0909. The Bertz CT molecular complexity index is 629. The average molecular weight is 211 g/mol. The van der Waals surface area contributed by atoms with Crippen molar-refractivity contribution in [3.8, 4) is 11.4 Å². The van der Waals surface area contributed by atoms with Crippen LogP contribution in [0.2, 0.25) is 0 Å². The zero-order valence-corrected chi connectivity index (χ0v) is 8.68. The Labute approximate surface area is 91.6 Å². The van der Waals surface area contributed by atoms with E-state index >= 15 is 0 Å². The normalized spacial score (nSPS) is 10.8. The van der Waals surface area contributed by atoms with Crippen LogP contribution in [0.4, 0.5) is 0 Å². The molecule has 0 atom stereocenters.